The first kappa shape index (κ1) is 18.8. The normalized spacial score (nSPS) is 17.6. The van der Waals surface area contributed by atoms with Crippen molar-refractivity contribution in [3.05, 3.63) is 18.2 Å². The highest BCUT2D eigenvalue weighted by Crippen LogP contribution is 2.34. The third-order valence-corrected chi connectivity index (χ3v) is 6.51. The van der Waals surface area contributed by atoms with Crippen molar-refractivity contribution in [2.45, 2.75) is 45.1 Å². The second-order valence-electron chi connectivity index (χ2n) is 6.64. The molecule has 1 aromatic carbocycles. The minimum Gasteiger partial charge on any atom is -0.486 e. The number of carbonyl (C=O) groups is 1. The molecule has 0 unspecified atom stereocenters. The lowest BCUT2D eigenvalue weighted by Gasteiger charge is -2.27. The van der Waals surface area contributed by atoms with Crippen molar-refractivity contribution in [3.63, 3.8) is 0 Å². The Balaban J connectivity index is 1.78. The molecule has 0 radical (unpaired) electrons. The van der Waals surface area contributed by atoms with E-state index in [1.165, 1.54) is 6.42 Å². The van der Waals surface area contributed by atoms with Crippen LogP contribution in [0.15, 0.2) is 18.2 Å². The number of sulfonamides is 1. The minimum absolute atomic E-state index is 0.0852. The van der Waals surface area contributed by atoms with E-state index in [2.05, 4.69) is 5.32 Å². The summed E-state index contributed by atoms with van der Waals surface area (Å²) in [6, 6.07) is 5.09. The van der Waals surface area contributed by atoms with Gasteiger partial charge in [0.2, 0.25) is 15.9 Å². The van der Waals surface area contributed by atoms with Crippen LogP contribution >= 0.6 is 0 Å². The Kier molecular flexibility index (Phi) is 5.90. The van der Waals surface area contributed by atoms with E-state index < -0.39 is 10.0 Å². The van der Waals surface area contributed by atoms with Crippen LogP contribution < -0.4 is 19.1 Å². The molecular weight excluding hydrogens is 356 g/mol. The number of hydrogen-bond donors (Lipinski definition) is 1. The van der Waals surface area contributed by atoms with Crippen LogP contribution in [0.2, 0.25) is 0 Å². The van der Waals surface area contributed by atoms with Crippen LogP contribution in [0.4, 0.5) is 5.69 Å². The van der Waals surface area contributed by atoms with Gasteiger partial charge in [-0.1, -0.05) is 19.3 Å². The van der Waals surface area contributed by atoms with E-state index in [1.54, 1.807) is 25.1 Å². The number of ether oxygens (including phenoxy) is 2. The smallest absolute Gasteiger partial charge is 0.240 e. The van der Waals surface area contributed by atoms with Gasteiger partial charge >= 0.3 is 0 Å². The van der Waals surface area contributed by atoms with Crippen molar-refractivity contribution >= 4 is 21.6 Å². The van der Waals surface area contributed by atoms with Gasteiger partial charge in [0.15, 0.2) is 11.5 Å². The monoisotopic (exact) mass is 382 g/mol. The van der Waals surface area contributed by atoms with Gasteiger partial charge in [-0.15, -0.1) is 0 Å². The molecule has 1 aromatic rings. The SMILES string of the molecule is CCS(=O)(=O)N(CC(=O)NC1CCCCC1)c1ccc2c(c1)OCCO2. The van der Waals surface area contributed by atoms with Crippen molar-refractivity contribution in [1.82, 2.24) is 5.32 Å². The number of benzene rings is 1. The van der Waals surface area contributed by atoms with Gasteiger partial charge in [0.05, 0.1) is 11.4 Å². The molecule has 144 valence electrons. The summed E-state index contributed by atoms with van der Waals surface area (Å²) in [5.41, 5.74) is 0.412. The minimum atomic E-state index is -3.60. The Hall–Kier alpha value is -1.96. The predicted octanol–water partition coefficient (Wildman–Crippen LogP) is 2.06. The largest absolute Gasteiger partial charge is 0.486 e. The van der Waals surface area contributed by atoms with Gasteiger partial charge in [0.1, 0.15) is 19.8 Å². The van der Waals surface area contributed by atoms with Crippen LogP contribution in [0.5, 0.6) is 11.5 Å². The first-order valence-electron chi connectivity index (χ1n) is 9.19. The van der Waals surface area contributed by atoms with E-state index in [-0.39, 0.29) is 24.2 Å². The van der Waals surface area contributed by atoms with Crippen molar-refractivity contribution < 1.29 is 22.7 Å². The molecule has 1 saturated carbocycles. The van der Waals surface area contributed by atoms with E-state index >= 15 is 0 Å². The average Bonchev–Trinajstić information content (AvgIpc) is 2.66. The second kappa shape index (κ2) is 8.16. The summed E-state index contributed by atoms with van der Waals surface area (Å²) in [4.78, 5) is 12.5. The third kappa shape index (κ3) is 4.41. The summed E-state index contributed by atoms with van der Waals surface area (Å²) in [5, 5.41) is 2.98. The summed E-state index contributed by atoms with van der Waals surface area (Å²) in [6.45, 7) is 2.22. The zero-order chi connectivity index (χ0) is 18.6. The highest BCUT2D eigenvalue weighted by Gasteiger charge is 2.26. The van der Waals surface area contributed by atoms with Crippen molar-refractivity contribution in [1.29, 1.82) is 0 Å². The van der Waals surface area contributed by atoms with Crippen LogP contribution in [0.25, 0.3) is 0 Å². The quantitative estimate of drug-likeness (QED) is 0.814. The highest BCUT2D eigenvalue weighted by molar-refractivity contribution is 7.92. The summed E-state index contributed by atoms with van der Waals surface area (Å²) in [7, 11) is -3.60. The summed E-state index contributed by atoms with van der Waals surface area (Å²) < 4.78 is 37.3. The number of nitrogens with zero attached hydrogens (tertiary/aromatic N) is 1. The van der Waals surface area contributed by atoms with Gasteiger partial charge in [0, 0.05) is 12.1 Å². The van der Waals surface area contributed by atoms with Crippen LogP contribution in [-0.4, -0.2) is 45.9 Å². The topological polar surface area (TPSA) is 84.9 Å². The van der Waals surface area contributed by atoms with E-state index in [0.717, 1.165) is 30.0 Å². The van der Waals surface area contributed by atoms with Crippen LogP contribution in [-0.2, 0) is 14.8 Å². The fourth-order valence-electron chi connectivity index (χ4n) is 3.34. The number of carbonyl (C=O) groups excluding carboxylic acids is 1. The van der Waals surface area contributed by atoms with Crippen LogP contribution in [0.3, 0.4) is 0 Å². The molecule has 1 heterocycles. The molecule has 26 heavy (non-hydrogen) atoms. The average molecular weight is 382 g/mol. The Morgan fingerprint density at radius 1 is 1.15 bits per heavy atom. The number of hydrogen-bond acceptors (Lipinski definition) is 5. The number of nitrogens with one attached hydrogen (secondary N) is 1. The van der Waals surface area contributed by atoms with Gasteiger partial charge in [-0.2, -0.15) is 0 Å². The molecule has 8 heteroatoms. The first-order valence-corrected chi connectivity index (χ1v) is 10.8. The number of anilines is 1. The predicted molar refractivity (Wildman–Crippen MR) is 99.3 cm³/mol. The van der Waals surface area contributed by atoms with Gasteiger partial charge in [0.25, 0.3) is 0 Å². The van der Waals surface area contributed by atoms with Crippen molar-refractivity contribution in [3.8, 4) is 11.5 Å². The molecule has 0 saturated heterocycles. The summed E-state index contributed by atoms with van der Waals surface area (Å²) in [6.07, 6.45) is 5.31. The second-order valence-corrected chi connectivity index (χ2v) is 8.82. The lowest BCUT2D eigenvalue weighted by molar-refractivity contribution is -0.120. The molecule has 3 rings (SSSR count). The molecule has 0 atom stereocenters. The van der Waals surface area contributed by atoms with E-state index in [9.17, 15) is 13.2 Å². The molecule has 1 amide bonds. The molecule has 2 aliphatic rings. The molecule has 0 aromatic heterocycles. The standard InChI is InChI=1S/C18H26N2O5S/c1-2-26(22,23)20(13-18(21)19-14-6-4-3-5-7-14)15-8-9-16-17(12-15)25-11-10-24-16/h8-9,12,14H,2-7,10-11,13H2,1H3,(H,19,21). The van der Waals surface area contributed by atoms with E-state index in [4.69, 9.17) is 9.47 Å². The van der Waals surface area contributed by atoms with Gasteiger partial charge in [-0.25, -0.2) is 8.42 Å². The van der Waals surface area contributed by atoms with Crippen molar-refractivity contribution in [2.75, 3.05) is 29.8 Å². The molecular formula is C18H26N2O5S. The molecule has 7 nitrogen and oxygen atoms in total. The fourth-order valence-corrected chi connectivity index (χ4v) is 4.40. The first-order chi connectivity index (χ1) is 12.5. The Morgan fingerprint density at radius 2 is 1.85 bits per heavy atom. The molecule has 0 bridgehead atoms. The Bertz CT molecular complexity index is 744. The maximum atomic E-state index is 12.6. The van der Waals surface area contributed by atoms with Gasteiger partial charge in [-0.05, 0) is 31.9 Å². The zero-order valence-electron chi connectivity index (χ0n) is 15.1. The van der Waals surface area contributed by atoms with Crippen LogP contribution in [0.1, 0.15) is 39.0 Å². The molecule has 1 aliphatic carbocycles. The molecule has 1 fully saturated rings. The number of amides is 1. The Morgan fingerprint density at radius 3 is 2.54 bits per heavy atom. The van der Waals surface area contributed by atoms with Gasteiger partial charge < -0.3 is 14.8 Å². The van der Waals surface area contributed by atoms with Gasteiger partial charge in [-0.3, -0.25) is 9.10 Å². The maximum absolute atomic E-state index is 12.6. The summed E-state index contributed by atoms with van der Waals surface area (Å²) >= 11 is 0. The van der Waals surface area contributed by atoms with Crippen molar-refractivity contribution in [2.24, 2.45) is 0 Å². The van der Waals surface area contributed by atoms with E-state index in [0.29, 0.717) is 30.4 Å². The lowest BCUT2D eigenvalue weighted by atomic mass is 9.95. The van der Waals surface area contributed by atoms with E-state index in [1.807, 2.05) is 0 Å². The maximum Gasteiger partial charge on any atom is 0.240 e. The highest BCUT2D eigenvalue weighted by atomic mass is 32.2. The lowest BCUT2D eigenvalue weighted by Crippen LogP contribution is -2.45. The zero-order valence-corrected chi connectivity index (χ0v) is 15.9. The van der Waals surface area contributed by atoms with Crippen LogP contribution in [0, 0.1) is 0 Å². The summed E-state index contributed by atoms with van der Waals surface area (Å²) in [5.74, 6) is 0.722. The Labute approximate surface area is 154 Å². The molecule has 1 aliphatic heterocycles. The number of rotatable bonds is 6. The molecule has 1 N–H and O–H groups in total. The fraction of sp³-hybridized carbons (Fsp3) is 0.611. The third-order valence-electron chi connectivity index (χ3n) is 4.77. The molecule has 0 spiro atoms. The number of fused-ring (bicyclic) bond motifs is 1.